The van der Waals surface area contributed by atoms with Gasteiger partial charge in [-0.1, -0.05) is 6.42 Å². The van der Waals surface area contributed by atoms with Gasteiger partial charge in [0, 0.05) is 50.7 Å². The van der Waals surface area contributed by atoms with Gasteiger partial charge < -0.3 is 15.4 Å². The minimum atomic E-state index is -5.23. The molecule has 0 radical (unpaired) electrons. The molecule has 2 saturated carbocycles. The van der Waals surface area contributed by atoms with Crippen molar-refractivity contribution in [3.63, 3.8) is 0 Å². The lowest BCUT2D eigenvalue weighted by molar-refractivity contribution is -0.171. The summed E-state index contributed by atoms with van der Waals surface area (Å²) in [4.78, 5) is 4.32. The van der Waals surface area contributed by atoms with Gasteiger partial charge in [0.2, 0.25) is 0 Å². The molecule has 174 valence electrons. The first kappa shape index (κ1) is 24.3. The second kappa shape index (κ2) is 8.89. The van der Waals surface area contributed by atoms with Crippen LogP contribution in [0.4, 0.5) is 13.2 Å². The van der Waals surface area contributed by atoms with Crippen LogP contribution in [-0.2, 0) is 14.8 Å². The largest absolute Gasteiger partial charge is 0.511 e. The van der Waals surface area contributed by atoms with Crippen molar-refractivity contribution in [2.24, 2.45) is 22.2 Å². The van der Waals surface area contributed by atoms with Crippen molar-refractivity contribution in [2.75, 3.05) is 33.3 Å². The van der Waals surface area contributed by atoms with Gasteiger partial charge in [-0.05, 0) is 38.0 Å². The summed E-state index contributed by atoms with van der Waals surface area (Å²) in [5.41, 5.74) is -5.00. The summed E-state index contributed by atoms with van der Waals surface area (Å²) in [6, 6.07) is 0.355. The molecular formula is C18H30F3IN4O3S. The SMILES string of the molecule is CN=C(NCC1CCN(S(=O)(=O)C(F)(F)F)CC1)NC1C2CCOC2C12CCC2.I. The summed E-state index contributed by atoms with van der Waals surface area (Å²) in [7, 11) is -3.51. The maximum atomic E-state index is 12.7. The van der Waals surface area contributed by atoms with E-state index in [2.05, 4.69) is 15.6 Å². The normalized spacial score (nSPS) is 32.0. The van der Waals surface area contributed by atoms with Crippen LogP contribution in [0.15, 0.2) is 4.99 Å². The maximum Gasteiger partial charge on any atom is 0.511 e. The van der Waals surface area contributed by atoms with Crippen LogP contribution in [0.3, 0.4) is 0 Å². The van der Waals surface area contributed by atoms with Crippen molar-refractivity contribution in [2.45, 2.75) is 56.2 Å². The highest BCUT2D eigenvalue weighted by Gasteiger charge is 2.66. The predicted molar refractivity (Wildman–Crippen MR) is 117 cm³/mol. The maximum absolute atomic E-state index is 12.7. The van der Waals surface area contributed by atoms with E-state index in [9.17, 15) is 21.6 Å². The Kier molecular flexibility index (Phi) is 7.20. The van der Waals surface area contributed by atoms with Gasteiger partial charge in [-0.25, -0.2) is 8.42 Å². The molecule has 0 bridgehead atoms. The smallest absolute Gasteiger partial charge is 0.377 e. The van der Waals surface area contributed by atoms with Gasteiger partial charge in [-0.2, -0.15) is 17.5 Å². The highest BCUT2D eigenvalue weighted by Crippen LogP contribution is 2.62. The van der Waals surface area contributed by atoms with Crippen LogP contribution >= 0.6 is 24.0 Å². The minimum absolute atomic E-state index is 0. The van der Waals surface area contributed by atoms with E-state index in [1.165, 1.54) is 19.3 Å². The van der Waals surface area contributed by atoms with Crippen LogP contribution in [0.2, 0.25) is 0 Å². The monoisotopic (exact) mass is 566 g/mol. The molecule has 2 aliphatic heterocycles. The highest BCUT2D eigenvalue weighted by molar-refractivity contribution is 14.0. The van der Waals surface area contributed by atoms with Crippen LogP contribution < -0.4 is 10.6 Å². The Labute approximate surface area is 192 Å². The molecule has 2 N–H and O–H groups in total. The van der Waals surface area contributed by atoms with E-state index < -0.39 is 15.5 Å². The van der Waals surface area contributed by atoms with Crippen molar-refractivity contribution in [3.8, 4) is 0 Å². The number of hydrogen-bond donors (Lipinski definition) is 2. The lowest BCUT2D eigenvalue weighted by Crippen LogP contribution is -2.72. The molecule has 12 heteroatoms. The van der Waals surface area contributed by atoms with E-state index in [0.29, 0.717) is 47.7 Å². The summed E-state index contributed by atoms with van der Waals surface area (Å²) < 4.78 is 67.6. The van der Waals surface area contributed by atoms with Crippen LogP contribution in [0.5, 0.6) is 0 Å². The second-order valence-electron chi connectivity index (χ2n) is 8.70. The number of ether oxygens (including phenoxy) is 1. The number of nitrogens with one attached hydrogen (secondary N) is 2. The minimum Gasteiger partial charge on any atom is -0.377 e. The first-order valence-electron chi connectivity index (χ1n) is 10.3. The van der Waals surface area contributed by atoms with E-state index in [1.807, 2.05) is 0 Å². The van der Waals surface area contributed by atoms with E-state index in [0.717, 1.165) is 13.0 Å². The Balaban J connectivity index is 0.00000256. The third-order valence-electron chi connectivity index (χ3n) is 7.32. The summed E-state index contributed by atoms with van der Waals surface area (Å²) in [5.74, 6) is 1.33. The molecule has 1 spiro atoms. The highest BCUT2D eigenvalue weighted by atomic mass is 127. The molecule has 0 amide bonds. The molecule has 4 aliphatic rings. The first-order chi connectivity index (χ1) is 13.7. The Morgan fingerprint density at radius 2 is 1.90 bits per heavy atom. The van der Waals surface area contributed by atoms with Crippen molar-refractivity contribution >= 4 is 40.0 Å². The number of nitrogens with zero attached hydrogens (tertiary/aromatic N) is 2. The van der Waals surface area contributed by atoms with Gasteiger partial charge in [0.05, 0.1) is 6.10 Å². The summed E-state index contributed by atoms with van der Waals surface area (Å²) in [5, 5.41) is 6.86. The molecule has 0 aromatic heterocycles. The molecule has 0 aromatic carbocycles. The number of hydrogen-bond acceptors (Lipinski definition) is 4. The molecule has 30 heavy (non-hydrogen) atoms. The van der Waals surface area contributed by atoms with E-state index in [1.54, 1.807) is 7.05 Å². The topological polar surface area (TPSA) is 83.0 Å². The van der Waals surface area contributed by atoms with Crippen molar-refractivity contribution in [1.82, 2.24) is 14.9 Å². The number of alkyl halides is 3. The molecule has 2 aliphatic carbocycles. The van der Waals surface area contributed by atoms with Crippen LogP contribution in [0.25, 0.3) is 0 Å². The van der Waals surface area contributed by atoms with E-state index in [-0.39, 0.29) is 48.4 Å². The fourth-order valence-corrected chi connectivity index (χ4v) is 6.52. The van der Waals surface area contributed by atoms with Crippen molar-refractivity contribution in [1.29, 1.82) is 0 Å². The Bertz CT molecular complexity index is 752. The van der Waals surface area contributed by atoms with Gasteiger partial charge in [-0.3, -0.25) is 4.99 Å². The van der Waals surface area contributed by atoms with Crippen LogP contribution in [0.1, 0.15) is 38.5 Å². The van der Waals surface area contributed by atoms with E-state index in [4.69, 9.17) is 4.74 Å². The number of rotatable bonds is 4. The number of fused-ring (bicyclic) bond motifs is 2. The van der Waals surface area contributed by atoms with Gasteiger partial charge in [0.15, 0.2) is 5.96 Å². The predicted octanol–water partition coefficient (Wildman–Crippen LogP) is 2.29. The zero-order valence-electron chi connectivity index (χ0n) is 17.0. The number of guanidine groups is 1. The average molecular weight is 566 g/mol. The fraction of sp³-hybridized carbons (Fsp3) is 0.944. The molecule has 7 nitrogen and oxygen atoms in total. The molecular weight excluding hydrogens is 536 g/mol. The Morgan fingerprint density at radius 3 is 2.43 bits per heavy atom. The number of aliphatic imine (C=N–C) groups is 1. The lowest BCUT2D eigenvalue weighted by atomic mass is 9.46. The Morgan fingerprint density at radius 1 is 1.23 bits per heavy atom. The van der Waals surface area contributed by atoms with E-state index >= 15 is 0 Å². The van der Waals surface area contributed by atoms with Gasteiger partial charge in [0.25, 0.3) is 0 Å². The number of sulfonamides is 1. The van der Waals surface area contributed by atoms with Crippen molar-refractivity contribution in [3.05, 3.63) is 0 Å². The number of halogens is 4. The van der Waals surface area contributed by atoms with Gasteiger partial charge >= 0.3 is 15.5 Å². The molecule has 0 aromatic rings. The second-order valence-corrected chi connectivity index (χ2v) is 10.6. The zero-order chi connectivity index (χ0) is 20.9. The molecule has 4 rings (SSSR count). The summed E-state index contributed by atoms with van der Waals surface area (Å²) >= 11 is 0. The van der Waals surface area contributed by atoms with Crippen molar-refractivity contribution < 1.29 is 26.3 Å². The molecule has 3 unspecified atom stereocenters. The van der Waals surface area contributed by atoms with Gasteiger partial charge in [-0.15, -0.1) is 24.0 Å². The quantitative estimate of drug-likeness (QED) is 0.310. The first-order valence-corrected chi connectivity index (χ1v) is 11.8. The molecule has 2 saturated heterocycles. The summed E-state index contributed by atoms with van der Waals surface area (Å²) in [6.07, 6.45) is 5.80. The third kappa shape index (κ3) is 4.05. The average Bonchev–Trinajstić information content (AvgIpc) is 3.05. The molecule has 4 fully saturated rings. The number of piperidine rings is 1. The standard InChI is InChI=1S/C18H29F3N4O3S.HI/c1-22-16(24-14-13-5-10-28-15(13)17(14)6-2-7-17)23-11-12-3-8-25(9-4-12)29(26,27)18(19,20)21;/h12-15H,2-11H2,1H3,(H2,22,23,24);1H. The van der Waals surface area contributed by atoms with Crippen LogP contribution in [0, 0.1) is 17.3 Å². The Hall–Kier alpha value is -0.340. The fourth-order valence-electron chi connectivity index (χ4n) is 5.54. The summed E-state index contributed by atoms with van der Waals surface area (Å²) in [6.45, 7) is 1.17. The molecule has 3 atom stereocenters. The zero-order valence-corrected chi connectivity index (χ0v) is 20.1. The third-order valence-corrected chi connectivity index (χ3v) is 8.95. The van der Waals surface area contributed by atoms with Gasteiger partial charge in [0.1, 0.15) is 0 Å². The lowest BCUT2D eigenvalue weighted by Gasteiger charge is -2.63. The van der Waals surface area contributed by atoms with Crippen LogP contribution in [-0.4, -0.2) is 69.6 Å². The molecule has 2 heterocycles.